The highest BCUT2D eigenvalue weighted by Gasteiger charge is 2.29. The van der Waals surface area contributed by atoms with E-state index in [1.807, 2.05) is 24.1 Å². The minimum Gasteiger partial charge on any atom is -0.461 e. The average molecular weight is 534 g/mol. The Balaban J connectivity index is 1.52. The molecule has 1 aromatic heterocycles. The van der Waals surface area contributed by atoms with E-state index < -0.39 is 11.6 Å². The van der Waals surface area contributed by atoms with Crippen LogP contribution in [-0.4, -0.2) is 40.4 Å². The predicted molar refractivity (Wildman–Crippen MR) is 149 cm³/mol. The number of aromatic nitrogens is 1. The summed E-state index contributed by atoms with van der Waals surface area (Å²) in [5, 5.41) is 0. The zero-order chi connectivity index (χ0) is 28.1. The molecule has 0 saturated heterocycles. The van der Waals surface area contributed by atoms with Crippen LogP contribution in [0.15, 0.2) is 65.5 Å². The van der Waals surface area contributed by atoms with E-state index in [0.29, 0.717) is 24.6 Å². The van der Waals surface area contributed by atoms with Crippen molar-refractivity contribution in [1.29, 1.82) is 0 Å². The number of nitrogens with two attached hydrogens (primary N) is 1. The van der Waals surface area contributed by atoms with Gasteiger partial charge in [0.1, 0.15) is 23.8 Å². The molecule has 1 saturated carbocycles. The van der Waals surface area contributed by atoms with Crippen LogP contribution >= 0.6 is 0 Å². The van der Waals surface area contributed by atoms with Gasteiger partial charge in [-0.3, -0.25) is 23.9 Å². The molecular weight excluding hydrogens is 497 g/mol. The van der Waals surface area contributed by atoms with Gasteiger partial charge >= 0.3 is 5.97 Å². The highest BCUT2D eigenvalue weighted by Crippen LogP contribution is 2.24. The van der Waals surface area contributed by atoms with E-state index in [4.69, 9.17) is 10.5 Å². The number of ketones is 1. The van der Waals surface area contributed by atoms with Crippen LogP contribution in [0.2, 0.25) is 0 Å². The molecule has 3 aromatic rings. The number of hydrogen-bond donors (Lipinski definition) is 1. The van der Waals surface area contributed by atoms with Crippen LogP contribution < -0.4 is 11.3 Å². The van der Waals surface area contributed by atoms with Crippen LogP contribution in [-0.2, 0) is 16.1 Å². The second-order valence-corrected chi connectivity index (χ2v) is 10.7. The molecule has 0 amide bonds. The van der Waals surface area contributed by atoms with Gasteiger partial charge in [-0.2, -0.15) is 0 Å². The number of anilines is 1. The van der Waals surface area contributed by atoms with E-state index in [-0.39, 0.29) is 40.6 Å². The number of pyridine rings is 1. The molecule has 1 atom stereocenters. The number of ether oxygens (including phenoxy) is 1. The maximum absolute atomic E-state index is 13.3. The van der Waals surface area contributed by atoms with Crippen LogP contribution in [0.1, 0.15) is 67.4 Å². The lowest BCUT2D eigenvalue weighted by Crippen LogP contribution is -2.41. The Morgan fingerprint density at radius 2 is 1.67 bits per heavy atom. The van der Waals surface area contributed by atoms with Crippen molar-refractivity contribution in [3.63, 3.8) is 0 Å². The highest BCUT2D eigenvalue weighted by molar-refractivity contribution is 6.11. The molecule has 1 aliphatic carbocycles. The molecule has 0 bridgehead atoms. The highest BCUT2D eigenvalue weighted by atomic mass is 19.1. The van der Waals surface area contributed by atoms with Crippen LogP contribution in [0.25, 0.3) is 5.69 Å². The van der Waals surface area contributed by atoms with Crippen LogP contribution in [0.3, 0.4) is 0 Å². The van der Waals surface area contributed by atoms with E-state index >= 15 is 0 Å². The summed E-state index contributed by atoms with van der Waals surface area (Å²) >= 11 is 0. The predicted octanol–water partition coefficient (Wildman–Crippen LogP) is 5.12. The van der Waals surface area contributed by atoms with Gasteiger partial charge in [0.15, 0.2) is 5.78 Å². The Morgan fingerprint density at radius 1 is 1.03 bits per heavy atom. The Bertz CT molecular complexity index is 1360. The normalized spacial score (nSPS) is 14.6. The monoisotopic (exact) mass is 533 g/mol. The quantitative estimate of drug-likeness (QED) is 0.287. The molecule has 4 rings (SSSR count). The van der Waals surface area contributed by atoms with Crippen LogP contribution in [0, 0.1) is 11.7 Å². The molecule has 0 unspecified atom stereocenters. The summed E-state index contributed by atoms with van der Waals surface area (Å²) in [5.74, 6) is -0.683. The number of hydrogen-bond acceptors (Lipinski definition) is 6. The van der Waals surface area contributed by atoms with Gasteiger partial charge in [0.05, 0.1) is 11.3 Å². The van der Waals surface area contributed by atoms with Gasteiger partial charge in [0.2, 0.25) is 0 Å². The fraction of sp³-hybridized carbons (Fsp3) is 0.387. The number of carbonyl (C=O) groups excluding carboxylic acids is 2. The van der Waals surface area contributed by atoms with Crippen molar-refractivity contribution in [3.8, 4) is 5.69 Å². The Morgan fingerprint density at radius 3 is 2.28 bits per heavy atom. The lowest BCUT2D eigenvalue weighted by molar-refractivity contribution is -0.155. The third-order valence-electron chi connectivity index (χ3n) is 7.19. The minimum atomic E-state index is -0.448. The van der Waals surface area contributed by atoms with E-state index in [1.165, 1.54) is 41.0 Å². The first-order valence-electron chi connectivity index (χ1n) is 13.5. The number of carbonyl (C=O) groups is 2. The Labute approximate surface area is 228 Å². The van der Waals surface area contributed by atoms with Crippen molar-refractivity contribution >= 4 is 17.6 Å². The zero-order valence-electron chi connectivity index (χ0n) is 22.7. The number of nitrogen functional groups attached to an aromatic ring is 1. The van der Waals surface area contributed by atoms with E-state index in [0.717, 1.165) is 31.2 Å². The van der Waals surface area contributed by atoms with Crippen molar-refractivity contribution in [2.75, 3.05) is 12.8 Å². The summed E-state index contributed by atoms with van der Waals surface area (Å²) in [6, 6.07) is 14.8. The van der Waals surface area contributed by atoms with Crippen molar-refractivity contribution in [2.24, 2.45) is 5.92 Å². The van der Waals surface area contributed by atoms with E-state index in [2.05, 4.69) is 13.8 Å². The summed E-state index contributed by atoms with van der Waals surface area (Å²) in [6.07, 6.45) is 4.79. The third-order valence-corrected chi connectivity index (χ3v) is 7.19. The molecule has 1 aliphatic rings. The first kappa shape index (κ1) is 28.2. The fourth-order valence-corrected chi connectivity index (χ4v) is 5.07. The van der Waals surface area contributed by atoms with Gasteiger partial charge in [-0.25, -0.2) is 4.39 Å². The van der Waals surface area contributed by atoms with E-state index in [9.17, 15) is 18.8 Å². The second-order valence-electron chi connectivity index (χ2n) is 10.7. The maximum atomic E-state index is 13.3. The average Bonchev–Trinajstić information content (AvgIpc) is 3.41. The number of nitrogens with zero attached hydrogens (tertiary/aromatic N) is 2. The maximum Gasteiger partial charge on any atom is 0.323 e. The molecule has 0 radical (unpaired) electrons. The van der Waals surface area contributed by atoms with Gasteiger partial charge in [0.25, 0.3) is 5.56 Å². The standard InChI is InChI=1S/C31H36FN3O4/c1-20(2)18-27(31(38)39-25-6-4-5-7-25)34(3)19-21-8-14-24(15-9-21)35-28(36)17-16-26(30(35)33)29(37)22-10-12-23(32)13-11-22/h8-17,20,25,27H,4-7,18-19,33H2,1-3H3/t27-/m0/s1. The molecule has 206 valence electrons. The van der Waals surface area contributed by atoms with E-state index in [1.54, 1.807) is 12.1 Å². The van der Waals surface area contributed by atoms with Crippen molar-refractivity contribution in [1.82, 2.24) is 9.47 Å². The lowest BCUT2D eigenvalue weighted by atomic mass is 10.0. The molecule has 8 heteroatoms. The zero-order valence-corrected chi connectivity index (χ0v) is 22.7. The number of likely N-dealkylation sites (N-methyl/N-ethyl adjacent to an activating group) is 1. The summed E-state index contributed by atoms with van der Waals surface area (Å²) < 4.78 is 20.4. The summed E-state index contributed by atoms with van der Waals surface area (Å²) in [6.45, 7) is 4.70. The number of rotatable bonds is 10. The molecule has 2 aromatic carbocycles. The molecule has 39 heavy (non-hydrogen) atoms. The number of esters is 1. The smallest absolute Gasteiger partial charge is 0.323 e. The number of halogens is 1. The van der Waals surface area contributed by atoms with Gasteiger partial charge in [0, 0.05) is 18.2 Å². The molecule has 0 aliphatic heterocycles. The molecular formula is C31H36FN3O4. The topological polar surface area (TPSA) is 94.6 Å². The van der Waals surface area contributed by atoms with Crippen LogP contribution in [0.4, 0.5) is 10.2 Å². The van der Waals surface area contributed by atoms with Crippen LogP contribution in [0.5, 0.6) is 0 Å². The fourth-order valence-electron chi connectivity index (χ4n) is 5.07. The third kappa shape index (κ3) is 6.81. The van der Waals surface area contributed by atoms with Gasteiger partial charge in [-0.1, -0.05) is 26.0 Å². The van der Waals surface area contributed by atoms with Crippen molar-refractivity contribution < 1.29 is 18.7 Å². The molecule has 1 heterocycles. The van der Waals surface area contributed by atoms with Gasteiger partial charge in [-0.05, 0) is 93.1 Å². The Hall–Kier alpha value is -3.78. The molecule has 1 fully saturated rings. The first-order valence-corrected chi connectivity index (χ1v) is 13.5. The van der Waals surface area contributed by atoms with Gasteiger partial charge < -0.3 is 10.5 Å². The molecule has 0 spiro atoms. The first-order chi connectivity index (χ1) is 18.6. The van der Waals surface area contributed by atoms with Gasteiger partial charge in [-0.15, -0.1) is 0 Å². The van der Waals surface area contributed by atoms with Crippen molar-refractivity contribution in [2.45, 2.75) is 64.6 Å². The number of benzene rings is 2. The van der Waals surface area contributed by atoms with Crippen molar-refractivity contribution in [3.05, 3.63) is 93.5 Å². The Kier molecular flexibility index (Phi) is 8.97. The second kappa shape index (κ2) is 12.4. The summed E-state index contributed by atoms with van der Waals surface area (Å²) in [4.78, 5) is 40.8. The minimum absolute atomic E-state index is 0.00773. The summed E-state index contributed by atoms with van der Waals surface area (Å²) in [7, 11) is 1.92. The summed E-state index contributed by atoms with van der Waals surface area (Å²) in [5.41, 5.74) is 7.81. The lowest BCUT2D eigenvalue weighted by Gasteiger charge is -2.29. The largest absolute Gasteiger partial charge is 0.461 e. The molecule has 2 N–H and O–H groups in total. The molecule has 7 nitrogen and oxygen atoms in total. The SMILES string of the molecule is CC(C)C[C@@H](C(=O)OC1CCCC1)N(C)Cc1ccc(-n2c(N)c(C(=O)c3ccc(F)cc3)ccc2=O)cc1.